The van der Waals surface area contributed by atoms with Crippen LogP contribution in [0.1, 0.15) is 185 Å². The van der Waals surface area contributed by atoms with E-state index in [1.165, 1.54) is 4.90 Å². The van der Waals surface area contributed by atoms with E-state index in [0.717, 1.165) is 98.4 Å². The molecule has 0 saturated carbocycles. The zero-order valence-corrected chi connectivity index (χ0v) is 48.2. The summed E-state index contributed by atoms with van der Waals surface area (Å²) in [6.07, 6.45) is 5.26. The third-order valence-electron chi connectivity index (χ3n) is 10.7. The van der Waals surface area contributed by atoms with Gasteiger partial charge in [-0.3, -0.25) is 4.79 Å². The quantitative estimate of drug-likeness (QED) is 0.0447. The molecule has 416 valence electrons. The number of methoxy groups -OCH3 is 1. The molecule has 0 bridgehead atoms. The van der Waals surface area contributed by atoms with Crippen LogP contribution in [-0.2, 0) is 30.3 Å². The fraction of sp³-hybridized carbons (Fsp3) is 0.792. The molecule has 19 heteroatoms. The van der Waals surface area contributed by atoms with Crippen molar-refractivity contribution in [3.05, 3.63) is 27.3 Å². The average Bonchev–Trinajstić information content (AvgIpc) is 3.22. The molecule has 5 amide bonds. The largest absolute Gasteiger partial charge is 0.496 e. The molecule has 0 aliphatic heterocycles. The van der Waals surface area contributed by atoms with Crippen molar-refractivity contribution in [2.24, 2.45) is 0 Å². The summed E-state index contributed by atoms with van der Waals surface area (Å²) in [6, 6.07) is 5.90. The van der Waals surface area contributed by atoms with Crippen molar-refractivity contribution in [2.45, 2.75) is 215 Å². The van der Waals surface area contributed by atoms with Gasteiger partial charge in [0.25, 0.3) is 0 Å². The van der Waals surface area contributed by atoms with E-state index < -0.39 is 40.6 Å². The number of nitrogens with one attached hydrogen (secondary N) is 1. The van der Waals surface area contributed by atoms with E-state index >= 15 is 0 Å². The van der Waals surface area contributed by atoms with Crippen molar-refractivity contribution < 1.29 is 60.8 Å². The molecule has 15 nitrogen and oxygen atoms in total. The molecule has 1 N–H and O–H groups in total. The molecule has 0 heterocycles. The first kappa shape index (κ1) is 66.1. The molecule has 0 aromatic heterocycles. The van der Waals surface area contributed by atoms with E-state index in [0.29, 0.717) is 52.2 Å². The van der Waals surface area contributed by atoms with Crippen LogP contribution in [0.3, 0.4) is 0 Å². The second-order valence-corrected chi connectivity index (χ2v) is 23.6. The maximum Gasteiger partial charge on any atom is 0.471 e. The number of halogens is 4. The zero-order valence-electron chi connectivity index (χ0n) is 46.1. The Morgan fingerprint density at radius 3 is 1.07 bits per heavy atom. The van der Waals surface area contributed by atoms with Gasteiger partial charge in [0, 0.05) is 61.5 Å². The monoisotopic (exact) mass is 1140 g/mol. The lowest BCUT2D eigenvalue weighted by atomic mass is 10.1. The van der Waals surface area contributed by atoms with Gasteiger partial charge in [-0.2, -0.15) is 13.2 Å². The Morgan fingerprint density at radius 1 is 0.472 bits per heavy atom. The maximum absolute atomic E-state index is 13.3. The Morgan fingerprint density at radius 2 is 0.764 bits per heavy atom. The van der Waals surface area contributed by atoms with Crippen LogP contribution in [0.2, 0.25) is 0 Å². The van der Waals surface area contributed by atoms with Gasteiger partial charge in [-0.25, -0.2) is 19.2 Å². The Hall–Kier alpha value is -3.91. The molecular weight excluding hydrogens is 1050 g/mol. The molecular formula is C53H91F3IN5O10. The highest BCUT2D eigenvalue weighted by Gasteiger charge is 2.38. The number of unbranched alkanes of at least 4 members (excludes halogenated alkanes) is 11. The van der Waals surface area contributed by atoms with Crippen LogP contribution in [0.4, 0.5) is 32.3 Å². The molecule has 1 aromatic rings. The number of carbonyl (C=O) groups excluding carboxylic acids is 5. The summed E-state index contributed by atoms with van der Waals surface area (Å²) < 4.78 is 67.1. The number of carbonyl (C=O) groups is 5. The van der Waals surface area contributed by atoms with E-state index in [4.69, 9.17) is 23.7 Å². The van der Waals surface area contributed by atoms with Gasteiger partial charge in [0.05, 0.1) is 13.7 Å². The molecule has 0 unspecified atom stereocenters. The Bertz CT molecular complexity index is 1780. The number of alkyl halides is 3. The average molecular weight is 1140 g/mol. The lowest BCUT2D eigenvalue weighted by Crippen LogP contribution is -2.41. The highest BCUT2D eigenvalue weighted by molar-refractivity contribution is 14.1. The van der Waals surface area contributed by atoms with Crippen LogP contribution < -0.4 is 10.1 Å². The van der Waals surface area contributed by atoms with Gasteiger partial charge in [-0.1, -0.05) is 51.4 Å². The lowest BCUT2D eigenvalue weighted by Gasteiger charge is -2.28. The topological polar surface area (TPSA) is 156 Å². The zero-order chi connectivity index (χ0) is 54.8. The fourth-order valence-corrected chi connectivity index (χ4v) is 7.86. The Kier molecular flexibility index (Phi) is 29.8. The minimum Gasteiger partial charge on any atom is -0.496 e. The predicted molar refractivity (Wildman–Crippen MR) is 284 cm³/mol. The predicted octanol–water partition coefficient (Wildman–Crippen LogP) is 13.3. The summed E-state index contributed by atoms with van der Waals surface area (Å²) in [6.45, 7) is 25.3. The second kappa shape index (κ2) is 32.4. The summed E-state index contributed by atoms with van der Waals surface area (Å²) >= 11 is 2.25. The first-order chi connectivity index (χ1) is 33.3. The van der Waals surface area contributed by atoms with Crippen molar-refractivity contribution >= 4 is 52.9 Å². The van der Waals surface area contributed by atoms with Gasteiger partial charge >= 0.3 is 36.5 Å². The molecule has 0 fully saturated rings. The summed E-state index contributed by atoms with van der Waals surface area (Å²) in [5, 5.41) is 1.84. The molecule has 0 saturated heterocycles. The highest BCUT2D eigenvalue weighted by atomic mass is 127. The van der Waals surface area contributed by atoms with Gasteiger partial charge in [-0.05, 0) is 169 Å². The first-order valence-corrected chi connectivity index (χ1v) is 27.0. The van der Waals surface area contributed by atoms with Gasteiger partial charge in [-0.15, -0.1) is 0 Å². The number of hydrogen-bond donors (Lipinski definition) is 1. The van der Waals surface area contributed by atoms with Crippen LogP contribution >= 0.6 is 22.6 Å². The summed E-state index contributed by atoms with van der Waals surface area (Å²) in [5.74, 6) is -1.29. The molecule has 1 rings (SSSR count). The minimum atomic E-state index is -4.97. The summed E-state index contributed by atoms with van der Waals surface area (Å²) in [4.78, 5) is 70.5. The van der Waals surface area contributed by atoms with E-state index in [2.05, 4.69) is 22.6 Å². The van der Waals surface area contributed by atoms with Crippen LogP contribution in [-0.4, -0.2) is 138 Å². The fourth-order valence-electron chi connectivity index (χ4n) is 7.30. The molecule has 0 aliphatic carbocycles. The third kappa shape index (κ3) is 32.3. The lowest BCUT2D eigenvalue weighted by molar-refractivity contribution is -0.173. The summed E-state index contributed by atoms with van der Waals surface area (Å²) in [5.41, 5.74) is -1.73. The van der Waals surface area contributed by atoms with Gasteiger partial charge in [0.2, 0.25) is 0 Å². The van der Waals surface area contributed by atoms with Crippen molar-refractivity contribution in [1.82, 2.24) is 24.9 Å². The van der Waals surface area contributed by atoms with E-state index in [1.807, 2.05) is 90.7 Å². The van der Waals surface area contributed by atoms with Crippen LogP contribution in [0.15, 0.2) is 18.2 Å². The Labute approximate surface area is 443 Å². The number of ether oxygens (including phenoxy) is 5. The van der Waals surface area contributed by atoms with Crippen LogP contribution in [0.25, 0.3) is 0 Å². The van der Waals surface area contributed by atoms with Crippen molar-refractivity contribution in [3.63, 3.8) is 0 Å². The normalized spacial score (nSPS) is 12.2. The number of amides is 5. The number of benzene rings is 1. The van der Waals surface area contributed by atoms with E-state index in [1.54, 1.807) is 37.7 Å². The first-order valence-electron chi connectivity index (χ1n) is 25.9. The molecule has 72 heavy (non-hydrogen) atoms. The SMILES string of the molecule is COc1ccc(I)cc1CN(CCCCCCN(CCCCCCCCN(CCCCCCN(CCCNC(=O)C(F)(F)F)C(=O)OC(C)(C)C)C(=O)OC(C)(C)C)C(=O)OC(C)(C)C)C(=O)OC(C)(C)C. The second-order valence-electron chi connectivity index (χ2n) is 22.3. The molecule has 0 radical (unpaired) electrons. The van der Waals surface area contributed by atoms with Crippen LogP contribution in [0.5, 0.6) is 5.75 Å². The smallest absolute Gasteiger partial charge is 0.471 e. The number of nitrogens with zero attached hydrogens (tertiary/aromatic N) is 4. The number of hydrogen-bond acceptors (Lipinski definition) is 10. The third-order valence-corrected chi connectivity index (χ3v) is 11.3. The van der Waals surface area contributed by atoms with Gasteiger partial charge in [0.1, 0.15) is 28.2 Å². The highest BCUT2D eigenvalue weighted by Crippen LogP contribution is 2.25. The van der Waals surface area contributed by atoms with E-state index in [9.17, 15) is 37.1 Å². The number of rotatable bonds is 30. The van der Waals surface area contributed by atoms with Crippen LogP contribution in [0, 0.1) is 3.57 Å². The molecule has 0 aliphatic rings. The van der Waals surface area contributed by atoms with Gasteiger partial charge in [0.15, 0.2) is 0 Å². The minimum absolute atomic E-state index is 0.124. The molecule has 1 aromatic carbocycles. The van der Waals surface area contributed by atoms with Crippen molar-refractivity contribution in [1.29, 1.82) is 0 Å². The standard InChI is InChI=1S/C53H91F3IN5O10/c1-49(2,3)69-45(64)59(34-24-18-19-26-36-61(47(66)71-51(7,8)9)38-28-31-58-44(63)53(54,55)56)32-22-16-14-15-17-23-33-60(46(65)70-50(4,5)6)35-25-20-21-27-37-62(48(67)72-52(10,11)12)40-41-39-42(57)29-30-43(41)68-13/h29-30,39H,14-28,31-38,40H2,1-13H3,(H,58,63). The summed E-state index contributed by atoms with van der Waals surface area (Å²) in [7, 11) is 1.62. The molecule has 0 spiro atoms. The van der Waals surface area contributed by atoms with Gasteiger partial charge < -0.3 is 48.6 Å². The Balaban J connectivity index is 2.65. The van der Waals surface area contributed by atoms with Crippen molar-refractivity contribution in [3.8, 4) is 5.75 Å². The van der Waals surface area contributed by atoms with Crippen molar-refractivity contribution in [2.75, 3.05) is 59.5 Å². The maximum atomic E-state index is 13.3. The van der Waals surface area contributed by atoms with E-state index in [-0.39, 0.29) is 37.8 Å². The molecule has 0 atom stereocenters.